The van der Waals surface area contributed by atoms with Crippen LogP contribution in [0.2, 0.25) is 0 Å². The number of hydrogen-bond donors (Lipinski definition) is 0. The molecule has 6 heterocycles. The maximum Gasteiger partial charge on any atom is 0.425 e. The molecule has 4 aromatic carbocycles. The Hall–Kier alpha value is -4.28. The normalized spacial score (nSPS) is 18.1. The van der Waals surface area contributed by atoms with Crippen LogP contribution in [0.1, 0.15) is 11.1 Å². The van der Waals surface area contributed by atoms with Gasteiger partial charge in [-0.25, -0.2) is 0 Å². The average Bonchev–Trinajstić information content (AvgIpc) is 3.58. The van der Waals surface area contributed by atoms with Gasteiger partial charge < -0.3 is 4.74 Å². The molecule has 3 aliphatic rings. The van der Waals surface area contributed by atoms with Crippen molar-refractivity contribution in [3.05, 3.63) is 108 Å². The van der Waals surface area contributed by atoms with E-state index in [9.17, 15) is 0 Å². The van der Waals surface area contributed by atoms with Crippen LogP contribution in [0.4, 0.5) is 0 Å². The quantitative estimate of drug-likeness (QED) is 0.182. The van der Waals surface area contributed by atoms with Gasteiger partial charge in [-0.2, -0.15) is 0 Å². The topological polar surface area (TPSA) is 17.0 Å². The van der Waals surface area contributed by atoms with Crippen LogP contribution in [0.3, 0.4) is 0 Å². The monoisotopic (exact) mass is 464 g/mol. The second kappa shape index (κ2) is 5.35. The minimum absolute atomic E-state index is 0.494. The number of ether oxygens (including phenoxy) is 1. The number of aromatic nitrogens is 2. The van der Waals surface area contributed by atoms with Crippen molar-refractivity contribution in [2.24, 2.45) is 0 Å². The summed E-state index contributed by atoms with van der Waals surface area (Å²) < 4.78 is 13.0. The lowest BCUT2D eigenvalue weighted by molar-refractivity contribution is -0.950. The molecular formula is C31H16N2OS+2. The number of hydrogen-bond acceptors (Lipinski definition) is 2. The highest BCUT2D eigenvalue weighted by molar-refractivity contribution is 7.17. The molecule has 1 spiro atoms. The molecule has 1 unspecified atom stereocenters. The molecule has 0 saturated heterocycles. The number of fused-ring (bicyclic) bond motifs is 6. The molecule has 160 valence electrons. The van der Waals surface area contributed by atoms with Crippen LogP contribution in [0.25, 0.3) is 53.8 Å². The van der Waals surface area contributed by atoms with E-state index in [2.05, 4.69) is 106 Å². The Morgan fingerprint density at radius 3 is 2.60 bits per heavy atom. The second-order valence-electron chi connectivity index (χ2n) is 9.77. The molecule has 0 bridgehead atoms. The first-order chi connectivity index (χ1) is 17.4. The average molecular weight is 465 g/mol. The Kier molecular flexibility index (Phi) is 2.63. The third-order valence-electron chi connectivity index (χ3n) is 8.35. The van der Waals surface area contributed by atoms with Crippen LogP contribution in [-0.2, 0) is 5.66 Å². The molecule has 3 nitrogen and oxygen atoms in total. The van der Waals surface area contributed by atoms with E-state index >= 15 is 0 Å². The lowest BCUT2D eigenvalue weighted by Gasteiger charge is -2.25. The number of thiophene rings is 1. The molecule has 0 aliphatic carbocycles. The van der Waals surface area contributed by atoms with Gasteiger partial charge in [-0.15, -0.1) is 20.5 Å². The van der Waals surface area contributed by atoms with Crippen molar-refractivity contribution in [2.45, 2.75) is 5.66 Å². The van der Waals surface area contributed by atoms with Gasteiger partial charge in [-0.3, -0.25) is 0 Å². The first kappa shape index (κ1) is 17.2. The summed E-state index contributed by atoms with van der Waals surface area (Å²) in [5.41, 5.74) is 5.76. The molecule has 35 heavy (non-hydrogen) atoms. The fourth-order valence-electron chi connectivity index (χ4n) is 7.17. The molecule has 0 saturated carbocycles. The lowest BCUT2D eigenvalue weighted by Crippen LogP contribution is -2.71. The SMILES string of the molecule is c1cc2c3c(c1)-c1cccc[n+]1C31c3c(ccc4c5cc6ccsc6cc5c5ccc[n+]1c5c34)O2. The maximum atomic E-state index is 6.66. The smallest absolute Gasteiger partial charge is 0.425 e. The largest absolute Gasteiger partial charge is 0.456 e. The summed E-state index contributed by atoms with van der Waals surface area (Å²) in [5.74, 6) is 1.90. The summed E-state index contributed by atoms with van der Waals surface area (Å²) >= 11 is 1.81. The highest BCUT2D eigenvalue weighted by Crippen LogP contribution is 2.57. The zero-order chi connectivity index (χ0) is 22.5. The molecule has 0 amide bonds. The molecule has 3 aromatic heterocycles. The van der Waals surface area contributed by atoms with Crippen LogP contribution in [0.5, 0.6) is 11.5 Å². The molecule has 0 fully saturated rings. The third kappa shape index (κ3) is 1.65. The molecule has 0 radical (unpaired) electrons. The minimum Gasteiger partial charge on any atom is -0.456 e. The first-order valence-electron chi connectivity index (χ1n) is 11.9. The van der Waals surface area contributed by atoms with E-state index in [1.165, 1.54) is 64.9 Å². The van der Waals surface area contributed by atoms with E-state index in [1.54, 1.807) is 0 Å². The van der Waals surface area contributed by atoms with Gasteiger partial charge in [0.15, 0.2) is 23.5 Å². The van der Waals surface area contributed by atoms with Crippen LogP contribution in [-0.4, -0.2) is 0 Å². The Morgan fingerprint density at radius 1 is 0.686 bits per heavy atom. The van der Waals surface area contributed by atoms with Crippen LogP contribution >= 0.6 is 11.3 Å². The molecule has 10 rings (SSSR count). The summed E-state index contributed by atoms with van der Waals surface area (Å²) in [6.45, 7) is 0. The van der Waals surface area contributed by atoms with Crippen molar-refractivity contribution in [2.75, 3.05) is 0 Å². The molecule has 7 aromatic rings. The number of pyridine rings is 2. The van der Waals surface area contributed by atoms with E-state index in [0.717, 1.165) is 11.5 Å². The van der Waals surface area contributed by atoms with Crippen LogP contribution in [0.15, 0.2) is 96.6 Å². The van der Waals surface area contributed by atoms with Crippen molar-refractivity contribution in [3.8, 4) is 22.8 Å². The summed E-state index contributed by atoms with van der Waals surface area (Å²) in [6, 6.07) is 28.9. The Morgan fingerprint density at radius 2 is 1.60 bits per heavy atom. The summed E-state index contributed by atoms with van der Waals surface area (Å²) in [4.78, 5) is 0. The molecular weight excluding hydrogens is 448 g/mol. The highest BCUT2D eigenvalue weighted by atomic mass is 32.1. The van der Waals surface area contributed by atoms with Gasteiger partial charge in [0, 0.05) is 22.9 Å². The van der Waals surface area contributed by atoms with E-state index in [1.807, 2.05) is 11.3 Å². The standard InChI is InChI=1S/C31H16N2OS/c1-2-12-32-23(7-1)20-5-3-8-24-28(20)31(32)29-25(34-24)10-9-18-21-15-17-11-14-35-26(17)16-22(21)19-6-4-13-33(31)30(19)27(18)29/h1-16H/q+2. The third-order valence-corrected chi connectivity index (χ3v) is 9.23. The van der Waals surface area contributed by atoms with E-state index in [-0.39, 0.29) is 0 Å². The zero-order valence-corrected chi connectivity index (χ0v) is 19.3. The van der Waals surface area contributed by atoms with Gasteiger partial charge in [0.1, 0.15) is 11.5 Å². The maximum absolute atomic E-state index is 6.66. The Labute approximate surface area is 203 Å². The molecule has 1 atom stereocenters. The van der Waals surface area contributed by atoms with Crippen molar-refractivity contribution < 1.29 is 13.9 Å². The number of benzene rings is 4. The Balaban J connectivity index is 1.55. The lowest BCUT2D eigenvalue weighted by atomic mass is 9.85. The van der Waals surface area contributed by atoms with Gasteiger partial charge in [0.25, 0.3) is 0 Å². The summed E-state index contributed by atoms with van der Waals surface area (Å²) in [7, 11) is 0. The van der Waals surface area contributed by atoms with Crippen molar-refractivity contribution in [1.29, 1.82) is 0 Å². The fraction of sp³-hybridized carbons (Fsp3) is 0.0323. The number of nitrogens with zero attached hydrogens (tertiary/aromatic N) is 2. The predicted octanol–water partition coefficient (Wildman–Crippen LogP) is 6.63. The van der Waals surface area contributed by atoms with Crippen LogP contribution in [0, 0.1) is 0 Å². The van der Waals surface area contributed by atoms with Gasteiger partial charge >= 0.3 is 5.66 Å². The van der Waals surface area contributed by atoms with E-state index < -0.39 is 5.66 Å². The highest BCUT2D eigenvalue weighted by Gasteiger charge is 2.70. The van der Waals surface area contributed by atoms with Crippen molar-refractivity contribution in [1.82, 2.24) is 0 Å². The molecule has 0 N–H and O–H groups in total. The second-order valence-corrected chi connectivity index (χ2v) is 10.7. The molecule has 3 aliphatic heterocycles. The summed E-state index contributed by atoms with van der Waals surface area (Å²) in [6.07, 6.45) is 4.50. The fourth-order valence-corrected chi connectivity index (χ4v) is 7.98. The Bertz CT molecular complexity index is 2160. The minimum atomic E-state index is -0.494. The first-order valence-corrected chi connectivity index (χ1v) is 12.8. The molecule has 4 heteroatoms. The van der Waals surface area contributed by atoms with E-state index in [0.29, 0.717) is 0 Å². The van der Waals surface area contributed by atoms with Crippen molar-refractivity contribution >= 4 is 53.9 Å². The number of rotatable bonds is 0. The van der Waals surface area contributed by atoms with Gasteiger partial charge in [-0.05, 0) is 81.5 Å². The van der Waals surface area contributed by atoms with Gasteiger partial charge in [0.2, 0.25) is 11.2 Å². The summed E-state index contributed by atoms with van der Waals surface area (Å²) in [5, 5.41) is 10.0. The zero-order valence-electron chi connectivity index (χ0n) is 18.4. The van der Waals surface area contributed by atoms with E-state index in [4.69, 9.17) is 4.74 Å². The van der Waals surface area contributed by atoms with Crippen molar-refractivity contribution in [3.63, 3.8) is 0 Å². The predicted molar refractivity (Wildman–Crippen MR) is 138 cm³/mol. The van der Waals surface area contributed by atoms with Gasteiger partial charge in [-0.1, -0.05) is 6.07 Å². The van der Waals surface area contributed by atoms with Gasteiger partial charge in [0.05, 0.1) is 16.3 Å². The van der Waals surface area contributed by atoms with Crippen LogP contribution < -0.4 is 13.9 Å².